The first kappa shape index (κ1) is 12.1. The van der Waals surface area contributed by atoms with Crippen LogP contribution >= 0.6 is 0 Å². The predicted octanol–water partition coefficient (Wildman–Crippen LogP) is 1.38. The van der Waals surface area contributed by atoms with E-state index >= 15 is 0 Å². The maximum Gasteiger partial charge on any atom is 0.242 e. The molecule has 1 saturated heterocycles. The Balaban J connectivity index is 2.21. The molecule has 2 N–H and O–H groups in total. The average molecular weight is 237 g/mol. The Morgan fingerprint density at radius 3 is 2.88 bits per heavy atom. The molecule has 0 radical (unpaired) electrons. The molecule has 0 spiro atoms. The molecule has 0 aromatic carbocycles. The van der Waals surface area contributed by atoms with Crippen molar-refractivity contribution >= 4 is 5.91 Å². The number of aromatic nitrogens is 1. The average Bonchev–Trinajstić information content (AvgIpc) is 2.82. The summed E-state index contributed by atoms with van der Waals surface area (Å²) in [7, 11) is 0. The minimum Gasteiger partial charge on any atom is -0.359 e. The minimum absolute atomic E-state index is 0.00785. The smallest absolute Gasteiger partial charge is 0.242 e. The summed E-state index contributed by atoms with van der Waals surface area (Å²) < 4.78 is 5.26. The van der Waals surface area contributed by atoms with Gasteiger partial charge < -0.3 is 15.2 Å². The van der Waals surface area contributed by atoms with Gasteiger partial charge in [-0.3, -0.25) is 4.79 Å². The Morgan fingerprint density at radius 2 is 2.35 bits per heavy atom. The van der Waals surface area contributed by atoms with E-state index in [-0.39, 0.29) is 11.9 Å². The van der Waals surface area contributed by atoms with Gasteiger partial charge in [0.15, 0.2) is 5.76 Å². The fourth-order valence-corrected chi connectivity index (χ4v) is 2.22. The summed E-state index contributed by atoms with van der Waals surface area (Å²) in [6.45, 7) is 6.08. The van der Waals surface area contributed by atoms with Gasteiger partial charge in [-0.05, 0) is 33.6 Å². The fraction of sp³-hybridized carbons (Fsp3) is 0.667. The molecule has 2 heterocycles. The Bertz CT molecular complexity index is 420. The lowest BCUT2D eigenvalue weighted by molar-refractivity contribution is -0.137. The number of nitrogens with zero attached hydrogens (tertiary/aromatic N) is 2. The summed E-state index contributed by atoms with van der Waals surface area (Å²) in [6, 6.07) is 1.88. The topological polar surface area (TPSA) is 72.4 Å². The van der Waals surface area contributed by atoms with Crippen LogP contribution in [0, 0.1) is 6.92 Å². The highest BCUT2D eigenvalue weighted by molar-refractivity contribution is 5.85. The molecule has 5 nitrogen and oxygen atoms in total. The lowest BCUT2D eigenvalue weighted by Crippen LogP contribution is -2.50. The van der Waals surface area contributed by atoms with Crippen molar-refractivity contribution in [2.24, 2.45) is 5.73 Å². The molecular weight excluding hydrogens is 218 g/mol. The zero-order chi connectivity index (χ0) is 12.6. The van der Waals surface area contributed by atoms with Crippen molar-refractivity contribution in [2.45, 2.75) is 45.2 Å². The molecule has 2 rings (SSSR count). The van der Waals surface area contributed by atoms with E-state index < -0.39 is 5.54 Å². The van der Waals surface area contributed by atoms with Gasteiger partial charge in [0.05, 0.1) is 17.3 Å². The van der Waals surface area contributed by atoms with E-state index in [2.05, 4.69) is 5.16 Å². The van der Waals surface area contributed by atoms with Crippen molar-refractivity contribution in [1.29, 1.82) is 0 Å². The number of hydrogen-bond acceptors (Lipinski definition) is 4. The summed E-state index contributed by atoms with van der Waals surface area (Å²) in [5.41, 5.74) is 5.87. The van der Waals surface area contributed by atoms with Crippen molar-refractivity contribution < 1.29 is 9.32 Å². The molecule has 0 saturated carbocycles. The molecule has 94 valence electrons. The molecule has 1 aromatic rings. The third-order valence-corrected chi connectivity index (χ3v) is 3.04. The summed E-state index contributed by atoms with van der Waals surface area (Å²) in [5.74, 6) is 0.728. The first-order valence-electron chi connectivity index (χ1n) is 5.93. The van der Waals surface area contributed by atoms with Gasteiger partial charge in [-0.1, -0.05) is 5.16 Å². The zero-order valence-electron chi connectivity index (χ0n) is 10.6. The van der Waals surface area contributed by atoms with Crippen LogP contribution in [0.5, 0.6) is 0 Å². The van der Waals surface area contributed by atoms with Crippen LogP contribution in [-0.2, 0) is 4.79 Å². The van der Waals surface area contributed by atoms with E-state index in [1.54, 1.807) is 18.7 Å². The van der Waals surface area contributed by atoms with Gasteiger partial charge in [0.25, 0.3) is 0 Å². The summed E-state index contributed by atoms with van der Waals surface area (Å²) in [6.07, 6.45) is 1.89. The molecule has 1 amide bonds. The van der Waals surface area contributed by atoms with Crippen molar-refractivity contribution in [3.05, 3.63) is 17.5 Å². The van der Waals surface area contributed by atoms with Crippen LogP contribution in [0.4, 0.5) is 0 Å². The van der Waals surface area contributed by atoms with Crippen LogP contribution in [0.3, 0.4) is 0 Å². The second kappa shape index (κ2) is 4.14. The van der Waals surface area contributed by atoms with Gasteiger partial charge in [0.2, 0.25) is 5.91 Å². The zero-order valence-corrected chi connectivity index (χ0v) is 10.6. The lowest BCUT2D eigenvalue weighted by atomic mass is 10.0. The van der Waals surface area contributed by atoms with Crippen LogP contribution in [0.25, 0.3) is 0 Å². The Labute approximate surface area is 101 Å². The maximum atomic E-state index is 12.2. The lowest BCUT2D eigenvalue weighted by Gasteiger charge is -2.29. The summed E-state index contributed by atoms with van der Waals surface area (Å²) in [4.78, 5) is 14.0. The molecule has 1 aliphatic heterocycles. The monoisotopic (exact) mass is 237 g/mol. The van der Waals surface area contributed by atoms with Crippen LogP contribution in [0.2, 0.25) is 0 Å². The van der Waals surface area contributed by atoms with Crippen LogP contribution in [-0.4, -0.2) is 28.0 Å². The van der Waals surface area contributed by atoms with Gasteiger partial charge in [-0.25, -0.2) is 0 Å². The van der Waals surface area contributed by atoms with E-state index in [1.165, 1.54) is 0 Å². The molecule has 1 aliphatic rings. The first-order chi connectivity index (χ1) is 7.89. The van der Waals surface area contributed by atoms with E-state index in [0.717, 1.165) is 30.8 Å². The standard InChI is InChI=1S/C12H19N3O2/c1-8-7-10(17-14-8)9-5-4-6-15(9)11(16)12(2,3)13/h7,9H,4-6,13H2,1-3H3. The molecule has 5 heteroatoms. The highest BCUT2D eigenvalue weighted by Crippen LogP contribution is 2.33. The molecule has 1 fully saturated rings. The molecule has 1 unspecified atom stereocenters. The molecule has 1 aromatic heterocycles. The molecule has 17 heavy (non-hydrogen) atoms. The number of carbonyl (C=O) groups excluding carboxylic acids is 1. The number of aryl methyl sites for hydroxylation is 1. The second-order valence-electron chi connectivity index (χ2n) is 5.25. The number of likely N-dealkylation sites (tertiary alicyclic amines) is 1. The summed E-state index contributed by atoms with van der Waals surface area (Å²) in [5, 5.41) is 3.87. The van der Waals surface area contributed by atoms with Crippen LogP contribution < -0.4 is 5.73 Å². The SMILES string of the molecule is Cc1cc(C2CCCN2C(=O)C(C)(C)N)on1. The highest BCUT2D eigenvalue weighted by atomic mass is 16.5. The fourth-order valence-electron chi connectivity index (χ4n) is 2.22. The number of hydrogen-bond donors (Lipinski definition) is 1. The van der Waals surface area contributed by atoms with Gasteiger partial charge in [-0.15, -0.1) is 0 Å². The number of nitrogens with two attached hydrogens (primary N) is 1. The van der Waals surface area contributed by atoms with Crippen molar-refractivity contribution in [3.63, 3.8) is 0 Å². The highest BCUT2D eigenvalue weighted by Gasteiger charge is 2.37. The van der Waals surface area contributed by atoms with Crippen molar-refractivity contribution in [2.75, 3.05) is 6.54 Å². The van der Waals surface area contributed by atoms with Gasteiger partial charge in [0, 0.05) is 12.6 Å². The van der Waals surface area contributed by atoms with E-state index in [9.17, 15) is 4.79 Å². The minimum atomic E-state index is -0.836. The Hall–Kier alpha value is -1.36. The van der Waals surface area contributed by atoms with Crippen LogP contribution in [0.15, 0.2) is 10.6 Å². The van der Waals surface area contributed by atoms with Crippen molar-refractivity contribution in [1.82, 2.24) is 10.1 Å². The number of carbonyl (C=O) groups is 1. The van der Waals surface area contributed by atoms with E-state index in [4.69, 9.17) is 10.3 Å². The Morgan fingerprint density at radius 1 is 1.65 bits per heavy atom. The third kappa shape index (κ3) is 2.34. The number of rotatable bonds is 2. The van der Waals surface area contributed by atoms with Gasteiger partial charge in [-0.2, -0.15) is 0 Å². The summed E-state index contributed by atoms with van der Waals surface area (Å²) >= 11 is 0. The largest absolute Gasteiger partial charge is 0.359 e. The first-order valence-corrected chi connectivity index (χ1v) is 5.93. The third-order valence-electron chi connectivity index (χ3n) is 3.04. The second-order valence-corrected chi connectivity index (χ2v) is 5.25. The maximum absolute atomic E-state index is 12.2. The number of amides is 1. The van der Waals surface area contributed by atoms with Gasteiger partial charge >= 0.3 is 0 Å². The van der Waals surface area contributed by atoms with Gasteiger partial charge in [0.1, 0.15) is 0 Å². The van der Waals surface area contributed by atoms with E-state index in [1.807, 2.05) is 13.0 Å². The van der Waals surface area contributed by atoms with Crippen LogP contribution in [0.1, 0.15) is 44.2 Å². The quantitative estimate of drug-likeness (QED) is 0.843. The molecule has 0 bridgehead atoms. The predicted molar refractivity (Wildman–Crippen MR) is 63.2 cm³/mol. The molecule has 1 atom stereocenters. The molecular formula is C12H19N3O2. The molecule has 0 aliphatic carbocycles. The Kier molecular flexibility index (Phi) is 2.95. The van der Waals surface area contributed by atoms with E-state index in [0.29, 0.717) is 0 Å². The normalized spacial score (nSPS) is 20.9. The van der Waals surface area contributed by atoms with Crippen molar-refractivity contribution in [3.8, 4) is 0 Å².